The Morgan fingerprint density at radius 1 is 1.52 bits per heavy atom. The molecular weight excluding hydrogens is 326 g/mol. The fourth-order valence-electron chi connectivity index (χ4n) is 1.59. The van der Waals surface area contributed by atoms with Gasteiger partial charge in [-0.15, -0.1) is 21.5 Å². The van der Waals surface area contributed by atoms with E-state index in [-0.39, 0.29) is 18.5 Å². The van der Waals surface area contributed by atoms with Crippen molar-refractivity contribution in [2.45, 2.75) is 24.2 Å². The first kappa shape index (κ1) is 16.3. The van der Waals surface area contributed by atoms with Crippen LogP contribution in [0.4, 0.5) is 5.13 Å². The molecular formula is C12H17N5OS3. The van der Waals surface area contributed by atoms with Gasteiger partial charge in [0.1, 0.15) is 5.01 Å². The monoisotopic (exact) mass is 343 g/mol. The van der Waals surface area contributed by atoms with Crippen LogP contribution in [-0.2, 0) is 4.79 Å². The Labute approximate surface area is 136 Å². The van der Waals surface area contributed by atoms with Gasteiger partial charge in [-0.2, -0.15) is 0 Å². The molecule has 1 atom stereocenters. The molecule has 2 aromatic heterocycles. The summed E-state index contributed by atoms with van der Waals surface area (Å²) in [5.74, 6) is 0.849. The molecule has 0 unspecified atom stereocenters. The van der Waals surface area contributed by atoms with Gasteiger partial charge in [0.15, 0.2) is 4.34 Å². The highest BCUT2D eigenvalue weighted by Crippen LogP contribution is 2.25. The third kappa shape index (κ3) is 4.73. The lowest BCUT2D eigenvalue weighted by Crippen LogP contribution is -2.32. The summed E-state index contributed by atoms with van der Waals surface area (Å²) in [7, 11) is 1.91. The number of carbonyl (C=O) groups is 1. The van der Waals surface area contributed by atoms with E-state index < -0.39 is 0 Å². The Hall–Kier alpha value is -1.03. The topological polar surface area (TPSA) is 71.0 Å². The minimum Gasteiger partial charge on any atom is -0.299 e. The quantitative estimate of drug-likeness (QED) is 0.616. The molecule has 0 saturated carbocycles. The summed E-state index contributed by atoms with van der Waals surface area (Å²) >= 11 is 4.61. The Kier molecular flexibility index (Phi) is 6.09. The zero-order valence-electron chi connectivity index (χ0n) is 12.1. The molecule has 2 rings (SSSR count). The van der Waals surface area contributed by atoms with E-state index in [0.717, 1.165) is 15.1 Å². The number of thiazole rings is 1. The van der Waals surface area contributed by atoms with Gasteiger partial charge in [-0.3, -0.25) is 15.0 Å². The van der Waals surface area contributed by atoms with Crippen molar-refractivity contribution in [1.82, 2.24) is 20.1 Å². The SMILES string of the molecule is CCSc1nnc(NC(=O)CN(C)[C@H](C)c2nccs2)s1. The molecule has 2 heterocycles. The highest BCUT2D eigenvalue weighted by molar-refractivity contribution is 8.01. The standard InChI is InChI=1S/C12H17N5OS3/c1-4-19-12-16-15-11(21-12)14-9(18)7-17(3)8(2)10-13-5-6-20-10/h5-6,8H,4,7H2,1-3H3,(H,14,15,18)/t8-/m1/s1. The van der Waals surface area contributed by atoms with E-state index in [0.29, 0.717) is 5.13 Å². The number of nitrogens with zero attached hydrogens (tertiary/aromatic N) is 4. The van der Waals surface area contributed by atoms with Gasteiger partial charge >= 0.3 is 0 Å². The van der Waals surface area contributed by atoms with Gasteiger partial charge in [0, 0.05) is 11.6 Å². The van der Waals surface area contributed by atoms with Crippen LogP contribution in [0.1, 0.15) is 24.9 Å². The number of thioether (sulfide) groups is 1. The first-order chi connectivity index (χ1) is 10.1. The molecule has 9 heteroatoms. The lowest BCUT2D eigenvalue weighted by atomic mass is 10.3. The average Bonchev–Trinajstić information content (AvgIpc) is 3.10. The molecule has 0 bridgehead atoms. The molecule has 0 fully saturated rings. The van der Waals surface area contributed by atoms with Crippen molar-refractivity contribution < 1.29 is 4.79 Å². The predicted octanol–water partition coefficient (Wildman–Crippen LogP) is 2.74. The second-order valence-corrected chi connectivity index (χ2v) is 7.73. The van der Waals surface area contributed by atoms with Crippen molar-refractivity contribution in [3.8, 4) is 0 Å². The van der Waals surface area contributed by atoms with E-state index in [1.165, 1.54) is 11.3 Å². The van der Waals surface area contributed by atoms with Crippen molar-refractivity contribution >= 4 is 45.5 Å². The third-order valence-electron chi connectivity index (χ3n) is 2.78. The molecule has 1 N–H and O–H groups in total. The largest absolute Gasteiger partial charge is 0.299 e. The van der Waals surface area contributed by atoms with Crippen LogP contribution in [0.15, 0.2) is 15.9 Å². The minimum atomic E-state index is -0.0925. The van der Waals surface area contributed by atoms with Crippen LogP contribution in [-0.4, -0.2) is 45.3 Å². The number of rotatable bonds is 7. The smallest absolute Gasteiger partial charge is 0.240 e. The first-order valence-electron chi connectivity index (χ1n) is 6.46. The van der Waals surface area contributed by atoms with Gasteiger partial charge in [0.25, 0.3) is 0 Å². The van der Waals surface area contributed by atoms with Gasteiger partial charge in [-0.25, -0.2) is 4.98 Å². The number of carbonyl (C=O) groups excluding carboxylic acids is 1. The summed E-state index contributed by atoms with van der Waals surface area (Å²) in [6.45, 7) is 4.38. The molecule has 21 heavy (non-hydrogen) atoms. The van der Waals surface area contributed by atoms with Gasteiger partial charge in [0.2, 0.25) is 11.0 Å². The normalized spacial score (nSPS) is 12.6. The summed E-state index contributed by atoms with van der Waals surface area (Å²) in [4.78, 5) is 18.3. The third-order valence-corrected chi connectivity index (χ3v) is 5.58. The van der Waals surface area contributed by atoms with E-state index >= 15 is 0 Å². The maximum absolute atomic E-state index is 12.0. The van der Waals surface area contributed by atoms with Gasteiger partial charge in [-0.1, -0.05) is 30.0 Å². The van der Waals surface area contributed by atoms with Crippen LogP contribution in [0.25, 0.3) is 0 Å². The fourth-order valence-corrected chi connectivity index (χ4v) is 4.02. The fraction of sp³-hybridized carbons (Fsp3) is 0.500. The van der Waals surface area contributed by atoms with Crippen molar-refractivity contribution in [2.75, 3.05) is 24.7 Å². The Balaban J connectivity index is 1.85. The highest BCUT2D eigenvalue weighted by atomic mass is 32.2. The number of anilines is 1. The Morgan fingerprint density at radius 3 is 3.00 bits per heavy atom. The van der Waals surface area contributed by atoms with E-state index in [2.05, 4.69) is 27.4 Å². The Bertz CT molecular complexity index is 571. The molecule has 0 saturated heterocycles. The molecule has 1 amide bonds. The molecule has 0 aromatic carbocycles. The van der Waals surface area contributed by atoms with Crippen LogP contribution in [0.2, 0.25) is 0 Å². The molecule has 6 nitrogen and oxygen atoms in total. The van der Waals surface area contributed by atoms with E-state index in [1.807, 2.05) is 24.3 Å². The summed E-state index contributed by atoms with van der Waals surface area (Å²) in [6.07, 6.45) is 1.78. The maximum Gasteiger partial charge on any atom is 0.240 e. The Morgan fingerprint density at radius 2 is 2.33 bits per heavy atom. The number of likely N-dealkylation sites (N-methyl/N-ethyl adjacent to an activating group) is 1. The highest BCUT2D eigenvalue weighted by Gasteiger charge is 2.17. The van der Waals surface area contributed by atoms with Crippen molar-refractivity contribution in [2.24, 2.45) is 0 Å². The molecule has 0 aliphatic rings. The average molecular weight is 344 g/mol. The molecule has 0 spiro atoms. The first-order valence-corrected chi connectivity index (χ1v) is 9.14. The maximum atomic E-state index is 12.0. The molecule has 0 aliphatic heterocycles. The van der Waals surface area contributed by atoms with Crippen molar-refractivity contribution in [1.29, 1.82) is 0 Å². The summed E-state index contributed by atoms with van der Waals surface area (Å²) < 4.78 is 0.873. The van der Waals surface area contributed by atoms with E-state index in [1.54, 1.807) is 29.3 Å². The van der Waals surface area contributed by atoms with Crippen LogP contribution in [0.3, 0.4) is 0 Å². The predicted molar refractivity (Wildman–Crippen MR) is 88.1 cm³/mol. The molecule has 0 aliphatic carbocycles. The lowest BCUT2D eigenvalue weighted by molar-refractivity contribution is -0.117. The number of hydrogen-bond donors (Lipinski definition) is 1. The number of nitrogens with one attached hydrogen (secondary N) is 1. The van der Waals surface area contributed by atoms with Crippen molar-refractivity contribution in [3.63, 3.8) is 0 Å². The molecule has 114 valence electrons. The zero-order valence-corrected chi connectivity index (χ0v) is 14.5. The van der Waals surface area contributed by atoms with Crippen LogP contribution < -0.4 is 5.32 Å². The zero-order chi connectivity index (χ0) is 15.2. The van der Waals surface area contributed by atoms with Crippen molar-refractivity contribution in [3.05, 3.63) is 16.6 Å². The van der Waals surface area contributed by atoms with E-state index in [9.17, 15) is 4.79 Å². The van der Waals surface area contributed by atoms with Crippen LogP contribution in [0.5, 0.6) is 0 Å². The minimum absolute atomic E-state index is 0.0925. The van der Waals surface area contributed by atoms with Gasteiger partial charge < -0.3 is 0 Å². The van der Waals surface area contributed by atoms with Crippen LogP contribution in [0, 0.1) is 0 Å². The summed E-state index contributed by atoms with van der Waals surface area (Å²) in [6, 6.07) is 0.108. The second kappa shape index (κ2) is 7.83. The number of hydrogen-bond acceptors (Lipinski definition) is 8. The number of amides is 1. The lowest BCUT2D eigenvalue weighted by Gasteiger charge is -2.21. The molecule has 0 radical (unpaired) electrons. The van der Waals surface area contributed by atoms with Crippen LogP contribution >= 0.6 is 34.4 Å². The summed E-state index contributed by atoms with van der Waals surface area (Å²) in [5.41, 5.74) is 0. The second-order valence-electron chi connectivity index (χ2n) is 4.32. The molecule has 2 aromatic rings. The van der Waals surface area contributed by atoms with E-state index in [4.69, 9.17) is 0 Å². The van der Waals surface area contributed by atoms with Gasteiger partial charge in [-0.05, 0) is 19.7 Å². The number of aromatic nitrogens is 3. The summed E-state index contributed by atoms with van der Waals surface area (Å²) in [5, 5.41) is 14.2. The van der Waals surface area contributed by atoms with Gasteiger partial charge in [0.05, 0.1) is 12.6 Å².